The van der Waals surface area contributed by atoms with Crippen LogP contribution in [0.1, 0.15) is 18.4 Å². The maximum absolute atomic E-state index is 13.7. The highest BCUT2D eigenvalue weighted by Crippen LogP contribution is 2.22. The van der Waals surface area contributed by atoms with Crippen molar-refractivity contribution in [1.29, 1.82) is 0 Å². The van der Waals surface area contributed by atoms with Gasteiger partial charge >= 0.3 is 10.2 Å². The van der Waals surface area contributed by atoms with Gasteiger partial charge in [-0.25, -0.2) is 4.39 Å². The van der Waals surface area contributed by atoms with E-state index in [2.05, 4.69) is 4.72 Å². The van der Waals surface area contributed by atoms with Crippen molar-refractivity contribution in [2.75, 3.05) is 24.4 Å². The number of nitrogens with zero attached hydrogens (tertiary/aromatic N) is 1. The molecule has 1 heterocycles. The maximum Gasteiger partial charge on any atom is 0.301 e. The zero-order valence-electron chi connectivity index (χ0n) is 11.3. The minimum absolute atomic E-state index is 0.0368. The minimum Gasteiger partial charge on any atom is -0.396 e. The molecule has 0 aromatic heterocycles. The van der Waals surface area contributed by atoms with Crippen LogP contribution in [-0.4, -0.2) is 37.5 Å². The van der Waals surface area contributed by atoms with Gasteiger partial charge in [0.05, 0.1) is 5.69 Å². The van der Waals surface area contributed by atoms with Crippen molar-refractivity contribution in [2.45, 2.75) is 19.8 Å². The number of aliphatic hydroxyl groups excluding tert-OH is 1. The number of benzene rings is 1. The lowest BCUT2D eigenvalue weighted by atomic mass is 10.0. The Hall–Kier alpha value is -1.18. The number of rotatable bonds is 4. The first-order chi connectivity index (χ1) is 9.42. The monoisotopic (exact) mass is 302 g/mol. The molecule has 0 saturated carbocycles. The Labute approximate surface area is 118 Å². The van der Waals surface area contributed by atoms with E-state index in [1.165, 1.54) is 16.4 Å². The van der Waals surface area contributed by atoms with Crippen LogP contribution in [0.25, 0.3) is 0 Å². The average molecular weight is 302 g/mol. The van der Waals surface area contributed by atoms with E-state index in [1.54, 1.807) is 13.0 Å². The van der Waals surface area contributed by atoms with Crippen molar-refractivity contribution >= 4 is 15.9 Å². The molecule has 1 aromatic carbocycles. The van der Waals surface area contributed by atoms with Crippen molar-refractivity contribution in [3.05, 3.63) is 29.6 Å². The van der Waals surface area contributed by atoms with Gasteiger partial charge in [-0.1, -0.05) is 6.07 Å². The van der Waals surface area contributed by atoms with E-state index in [4.69, 9.17) is 5.11 Å². The predicted octanol–water partition coefficient (Wildman–Crippen LogP) is 1.50. The molecule has 1 aliphatic rings. The van der Waals surface area contributed by atoms with Crippen molar-refractivity contribution in [3.63, 3.8) is 0 Å². The lowest BCUT2D eigenvalue weighted by Gasteiger charge is -2.31. The van der Waals surface area contributed by atoms with Crippen LogP contribution in [0, 0.1) is 18.7 Å². The molecular formula is C13H19FN2O3S. The quantitative estimate of drug-likeness (QED) is 0.885. The first-order valence-electron chi connectivity index (χ1n) is 6.57. The number of aryl methyl sites for hydroxylation is 1. The summed E-state index contributed by atoms with van der Waals surface area (Å²) in [5.74, 6) is -0.646. The van der Waals surface area contributed by atoms with E-state index in [1.807, 2.05) is 0 Å². The Balaban J connectivity index is 2.14. The molecule has 0 spiro atoms. The molecule has 5 nitrogen and oxygen atoms in total. The lowest BCUT2D eigenvalue weighted by molar-refractivity contribution is 0.166. The van der Waals surface area contributed by atoms with Gasteiger partial charge in [-0.05, 0) is 43.4 Å². The highest BCUT2D eigenvalue weighted by molar-refractivity contribution is 7.90. The molecule has 2 N–H and O–H groups in total. The van der Waals surface area contributed by atoms with Crippen molar-refractivity contribution in [3.8, 4) is 0 Å². The summed E-state index contributed by atoms with van der Waals surface area (Å²) in [7, 11) is -3.78. The van der Waals surface area contributed by atoms with E-state index in [0.29, 0.717) is 13.0 Å². The van der Waals surface area contributed by atoms with Gasteiger partial charge in [0.25, 0.3) is 0 Å². The molecule has 0 radical (unpaired) electrons. The second kappa shape index (κ2) is 6.07. The third kappa shape index (κ3) is 3.47. The summed E-state index contributed by atoms with van der Waals surface area (Å²) in [6.45, 7) is 2.35. The summed E-state index contributed by atoms with van der Waals surface area (Å²) >= 11 is 0. The molecule has 1 aliphatic heterocycles. The van der Waals surface area contributed by atoms with Crippen molar-refractivity contribution in [1.82, 2.24) is 4.31 Å². The first-order valence-corrected chi connectivity index (χ1v) is 8.01. The number of hydrogen-bond donors (Lipinski definition) is 2. The number of halogens is 1. The van der Waals surface area contributed by atoms with E-state index < -0.39 is 16.0 Å². The minimum atomic E-state index is -3.78. The lowest BCUT2D eigenvalue weighted by Crippen LogP contribution is -2.43. The van der Waals surface area contributed by atoms with Gasteiger partial charge in [-0.15, -0.1) is 0 Å². The number of nitrogens with one attached hydrogen (secondary N) is 1. The normalized spacial score (nSPS) is 20.9. The zero-order valence-corrected chi connectivity index (χ0v) is 12.2. The highest BCUT2D eigenvalue weighted by Gasteiger charge is 2.29. The molecule has 0 aliphatic carbocycles. The van der Waals surface area contributed by atoms with E-state index in [-0.39, 0.29) is 24.8 Å². The molecule has 1 unspecified atom stereocenters. The van der Waals surface area contributed by atoms with Crippen molar-refractivity contribution in [2.24, 2.45) is 5.92 Å². The largest absolute Gasteiger partial charge is 0.396 e. The number of hydrogen-bond acceptors (Lipinski definition) is 3. The predicted molar refractivity (Wildman–Crippen MR) is 75.1 cm³/mol. The number of aliphatic hydroxyl groups is 1. The van der Waals surface area contributed by atoms with Gasteiger partial charge < -0.3 is 5.11 Å². The summed E-state index contributed by atoms with van der Waals surface area (Å²) in [4.78, 5) is 0. The molecular weight excluding hydrogens is 283 g/mol. The number of piperidine rings is 1. The van der Waals surface area contributed by atoms with Crippen LogP contribution < -0.4 is 4.72 Å². The third-order valence-electron chi connectivity index (χ3n) is 3.44. The van der Waals surface area contributed by atoms with Crippen LogP contribution in [0.3, 0.4) is 0 Å². The Bertz CT molecular complexity index is 577. The molecule has 1 saturated heterocycles. The van der Waals surface area contributed by atoms with Gasteiger partial charge in [-0.2, -0.15) is 12.7 Å². The second-order valence-corrected chi connectivity index (χ2v) is 6.81. The number of anilines is 1. The van der Waals surface area contributed by atoms with Gasteiger partial charge in [0.2, 0.25) is 0 Å². The van der Waals surface area contributed by atoms with Gasteiger partial charge in [-0.3, -0.25) is 4.72 Å². The Morgan fingerprint density at radius 3 is 2.90 bits per heavy atom. The zero-order chi connectivity index (χ0) is 14.8. The van der Waals surface area contributed by atoms with E-state index in [9.17, 15) is 12.8 Å². The fourth-order valence-electron chi connectivity index (χ4n) is 2.30. The Morgan fingerprint density at radius 2 is 2.25 bits per heavy atom. The molecule has 112 valence electrons. The smallest absolute Gasteiger partial charge is 0.301 e. The Kier molecular flexibility index (Phi) is 4.62. The van der Waals surface area contributed by atoms with Crippen LogP contribution in [0.15, 0.2) is 18.2 Å². The average Bonchev–Trinajstić information content (AvgIpc) is 2.42. The summed E-state index contributed by atoms with van der Waals surface area (Å²) in [5, 5.41) is 9.14. The molecule has 1 aromatic rings. The van der Waals surface area contributed by atoms with Gasteiger partial charge in [0.1, 0.15) is 5.82 Å². The molecule has 0 amide bonds. The SMILES string of the molecule is Cc1ccc(NS(=O)(=O)N2CCCC(CO)C2)c(F)c1. The second-order valence-electron chi connectivity index (χ2n) is 5.14. The summed E-state index contributed by atoms with van der Waals surface area (Å²) in [6, 6.07) is 4.34. The summed E-state index contributed by atoms with van der Waals surface area (Å²) < 4.78 is 41.7. The fraction of sp³-hybridized carbons (Fsp3) is 0.538. The molecule has 2 rings (SSSR count). The maximum atomic E-state index is 13.7. The van der Waals surface area contributed by atoms with Crippen LogP contribution in [-0.2, 0) is 10.2 Å². The summed E-state index contributed by atoms with van der Waals surface area (Å²) in [5.41, 5.74) is 0.672. The van der Waals surface area contributed by atoms with Crippen LogP contribution in [0.2, 0.25) is 0 Å². The van der Waals surface area contributed by atoms with E-state index >= 15 is 0 Å². The Morgan fingerprint density at radius 1 is 1.50 bits per heavy atom. The van der Waals surface area contributed by atoms with Crippen LogP contribution >= 0.6 is 0 Å². The van der Waals surface area contributed by atoms with Gasteiger partial charge in [0, 0.05) is 19.7 Å². The fourth-order valence-corrected chi connectivity index (χ4v) is 3.65. The summed E-state index contributed by atoms with van der Waals surface area (Å²) in [6.07, 6.45) is 1.50. The first kappa shape index (κ1) is 15.2. The van der Waals surface area contributed by atoms with Crippen LogP contribution in [0.4, 0.5) is 10.1 Å². The molecule has 0 bridgehead atoms. The van der Waals surface area contributed by atoms with E-state index in [0.717, 1.165) is 12.0 Å². The molecule has 7 heteroatoms. The molecule has 20 heavy (non-hydrogen) atoms. The highest BCUT2D eigenvalue weighted by atomic mass is 32.2. The van der Waals surface area contributed by atoms with Gasteiger partial charge in [0.15, 0.2) is 0 Å². The standard InChI is InChI=1S/C13H19FN2O3S/c1-10-4-5-13(12(14)7-10)15-20(18,19)16-6-2-3-11(8-16)9-17/h4-5,7,11,15,17H,2-3,6,8-9H2,1H3. The third-order valence-corrected chi connectivity index (χ3v) is 4.93. The van der Waals surface area contributed by atoms with Crippen LogP contribution in [0.5, 0.6) is 0 Å². The topological polar surface area (TPSA) is 69.6 Å². The molecule has 1 atom stereocenters. The van der Waals surface area contributed by atoms with Crippen molar-refractivity contribution < 1.29 is 17.9 Å². The molecule has 1 fully saturated rings.